The number of anilines is 1. The molecule has 0 saturated heterocycles. The van der Waals surface area contributed by atoms with Gasteiger partial charge < -0.3 is 5.32 Å². The second-order valence-electron chi connectivity index (χ2n) is 5.40. The number of nitro benzene ring substituents is 1. The molecule has 1 N–H and O–H groups in total. The van der Waals surface area contributed by atoms with E-state index < -0.39 is 10.8 Å². The molecule has 9 nitrogen and oxygen atoms in total. The van der Waals surface area contributed by atoms with Crippen molar-refractivity contribution >= 4 is 23.1 Å². The summed E-state index contributed by atoms with van der Waals surface area (Å²) in [5, 5.41) is 17.6. The Morgan fingerprint density at radius 2 is 1.96 bits per heavy atom. The highest BCUT2D eigenvalue weighted by atomic mass is 16.6. The standard InChI is InChI=1S/C15H14N6O3/c1-8-4-5-11(21(23)24)7-12(8)17-14(22)13-18-15-16-9(2)6-10(3)20(15)19-13/h4-7H,1-3H3,(H,17,22). The Balaban J connectivity index is 1.94. The molecule has 1 aromatic carbocycles. The summed E-state index contributed by atoms with van der Waals surface area (Å²) in [4.78, 5) is 31.0. The molecule has 1 amide bonds. The van der Waals surface area contributed by atoms with Gasteiger partial charge in [-0.05, 0) is 32.4 Å². The lowest BCUT2D eigenvalue weighted by atomic mass is 10.2. The zero-order valence-electron chi connectivity index (χ0n) is 13.3. The van der Waals surface area contributed by atoms with Crippen LogP contribution in [0.4, 0.5) is 11.4 Å². The first-order valence-corrected chi connectivity index (χ1v) is 7.12. The van der Waals surface area contributed by atoms with Crippen LogP contribution in [0.2, 0.25) is 0 Å². The largest absolute Gasteiger partial charge is 0.319 e. The van der Waals surface area contributed by atoms with E-state index in [0.29, 0.717) is 17.0 Å². The molecule has 0 aliphatic rings. The number of aryl methyl sites for hydroxylation is 3. The number of carbonyl (C=O) groups is 1. The number of nitro groups is 1. The average Bonchev–Trinajstić information content (AvgIpc) is 2.93. The third-order valence-corrected chi connectivity index (χ3v) is 3.50. The van der Waals surface area contributed by atoms with Crippen molar-refractivity contribution in [2.75, 3.05) is 5.32 Å². The molecule has 0 saturated carbocycles. The van der Waals surface area contributed by atoms with Crippen LogP contribution in [-0.2, 0) is 0 Å². The molecule has 0 fully saturated rings. The minimum absolute atomic E-state index is 0.0536. The molecule has 2 heterocycles. The third kappa shape index (κ3) is 2.78. The average molecular weight is 326 g/mol. The molecule has 122 valence electrons. The van der Waals surface area contributed by atoms with E-state index in [1.807, 2.05) is 19.9 Å². The van der Waals surface area contributed by atoms with Crippen molar-refractivity contribution in [1.29, 1.82) is 0 Å². The Labute approximate surface area is 136 Å². The van der Waals surface area contributed by atoms with E-state index in [-0.39, 0.29) is 11.5 Å². The fraction of sp³-hybridized carbons (Fsp3) is 0.200. The molecule has 3 aromatic rings. The van der Waals surface area contributed by atoms with Crippen LogP contribution >= 0.6 is 0 Å². The van der Waals surface area contributed by atoms with Crippen molar-refractivity contribution in [2.24, 2.45) is 0 Å². The van der Waals surface area contributed by atoms with Gasteiger partial charge in [0.2, 0.25) is 5.82 Å². The van der Waals surface area contributed by atoms with Crippen LogP contribution in [-0.4, -0.2) is 30.4 Å². The highest BCUT2D eigenvalue weighted by Gasteiger charge is 2.17. The minimum atomic E-state index is -0.554. The summed E-state index contributed by atoms with van der Waals surface area (Å²) < 4.78 is 1.47. The van der Waals surface area contributed by atoms with Crippen LogP contribution in [0.5, 0.6) is 0 Å². The van der Waals surface area contributed by atoms with E-state index in [1.54, 1.807) is 13.0 Å². The quantitative estimate of drug-likeness (QED) is 0.583. The van der Waals surface area contributed by atoms with E-state index in [2.05, 4.69) is 20.4 Å². The Morgan fingerprint density at radius 3 is 2.67 bits per heavy atom. The zero-order valence-corrected chi connectivity index (χ0v) is 13.3. The second kappa shape index (κ2) is 5.69. The monoisotopic (exact) mass is 326 g/mol. The van der Waals surface area contributed by atoms with Gasteiger partial charge in [-0.1, -0.05) is 6.07 Å². The number of nitrogens with one attached hydrogen (secondary N) is 1. The summed E-state index contributed by atoms with van der Waals surface area (Å²) in [7, 11) is 0. The third-order valence-electron chi connectivity index (χ3n) is 3.50. The van der Waals surface area contributed by atoms with Crippen molar-refractivity contribution in [1.82, 2.24) is 19.6 Å². The first-order chi connectivity index (χ1) is 11.3. The zero-order chi connectivity index (χ0) is 17.4. The number of rotatable bonds is 3. The number of carbonyl (C=O) groups excluding carboxylic acids is 1. The lowest BCUT2D eigenvalue weighted by Gasteiger charge is -2.06. The molecular weight excluding hydrogens is 312 g/mol. The molecule has 0 bridgehead atoms. The van der Waals surface area contributed by atoms with Crippen molar-refractivity contribution in [2.45, 2.75) is 20.8 Å². The lowest BCUT2D eigenvalue weighted by Crippen LogP contribution is -2.15. The molecule has 2 aromatic heterocycles. The maximum Gasteiger partial charge on any atom is 0.295 e. The molecular formula is C15H14N6O3. The number of aromatic nitrogens is 4. The van der Waals surface area contributed by atoms with Crippen LogP contribution in [0.15, 0.2) is 24.3 Å². The Morgan fingerprint density at radius 1 is 1.21 bits per heavy atom. The minimum Gasteiger partial charge on any atom is -0.319 e. The first-order valence-electron chi connectivity index (χ1n) is 7.12. The normalized spacial score (nSPS) is 10.8. The van der Waals surface area contributed by atoms with Gasteiger partial charge in [-0.2, -0.15) is 4.98 Å². The van der Waals surface area contributed by atoms with Crippen LogP contribution in [0.25, 0.3) is 5.78 Å². The van der Waals surface area contributed by atoms with Gasteiger partial charge in [0.25, 0.3) is 17.4 Å². The van der Waals surface area contributed by atoms with E-state index in [0.717, 1.165) is 11.4 Å². The molecule has 3 rings (SSSR count). The van der Waals surface area contributed by atoms with Gasteiger partial charge in [-0.15, -0.1) is 5.10 Å². The maximum atomic E-state index is 12.4. The predicted molar refractivity (Wildman–Crippen MR) is 86.0 cm³/mol. The van der Waals surface area contributed by atoms with Gasteiger partial charge in [0, 0.05) is 23.5 Å². The van der Waals surface area contributed by atoms with E-state index in [9.17, 15) is 14.9 Å². The molecule has 0 radical (unpaired) electrons. The number of benzene rings is 1. The number of nitrogens with zero attached hydrogens (tertiary/aromatic N) is 5. The van der Waals surface area contributed by atoms with Crippen LogP contribution in [0.3, 0.4) is 0 Å². The molecule has 0 atom stereocenters. The molecule has 0 aliphatic heterocycles. The number of fused-ring (bicyclic) bond motifs is 1. The number of non-ortho nitro benzene ring substituents is 1. The summed E-state index contributed by atoms with van der Waals surface area (Å²) in [6.07, 6.45) is 0. The Hall–Kier alpha value is -3.36. The van der Waals surface area contributed by atoms with E-state index in [4.69, 9.17) is 0 Å². The molecule has 0 spiro atoms. The molecule has 0 aliphatic carbocycles. The molecule has 24 heavy (non-hydrogen) atoms. The van der Waals surface area contributed by atoms with Crippen molar-refractivity contribution < 1.29 is 9.72 Å². The fourth-order valence-corrected chi connectivity index (χ4v) is 2.30. The summed E-state index contributed by atoms with van der Waals surface area (Å²) in [5.41, 5.74) is 2.51. The first kappa shape index (κ1) is 15.5. The van der Waals surface area contributed by atoms with Crippen LogP contribution in [0, 0.1) is 30.9 Å². The summed E-state index contributed by atoms with van der Waals surface area (Å²) in [6.45, 7) is 5.40. The predicted octanol–water partition coefficient (Wildman–Crippen LogP) is 2.21. The lowest BCUT2D eigenvalue weighted by molar-refractivity contribution is -0.384. The Kier molecular flexibility index (Phi) is 3.68. The van der Waals surface area contributed by atoms with E-state index >= 15 is 0 Å². The Bertz CT molecular complexity index is 979. The number of hydrogen-bond acceptors (Lipinski definition) is 6. The molecule has 0 unspecified atom stereocenters. The van der Waals surface area contributed by atoms with Crippen molar-refractivity contribution in [3.63, 3.8) is 0 Å². The number of amides is 1. The maximum absolute atomic E-state index is 12.4. The molecule has 9 heteroatoms. The van der Waals surface area contributed by atoms with Gasteiger partial charge in [0.05, 0.1) is 10.6 Å². The smallest absolute Gasteiger partial charge is 0.295 e. The highest BCUT2D eigenvalue weighted by Crippen LogP contribution is 2.22. The SMILES string of the molecule is Cc1cc(C)n2nc(C(=O)Nc3cc([N+](=O)[O-])ccc3C)nc2n1. The van der Waals surface area contributed by atoms with Gasteiger partial charge in [0.15, 0.2) is 0 Å². The van der Waals surface area contributed by atoms with Crippen LogP contribution in [0.1, 0.15) is 27.6 Å². The second-order valence-corrected chi connectivity index (χ2v) is 5.40. The summed E-state index contributed by atoms with van der Waals surface area (Å²) in [6, 6.07) is 6.08. The highest BCUT2D eigenvalue weighted by molar-refractivity contribution is 6.02. The van der Waals surface area contributed by atoms with Crippen LogP contribution < -0.4 is 5.32 Å². The summed E-state index contributed by atoms with van der Waals surface area (Å²) in [5.74, 6) is -0.281. The van der Waals surface area contributed by atoms with Gasteiger partial charge in [0.1, 0.15) is 0 Å². The van der Waals surface area contributed by atoms with Gasteiger partial charge in [-0.25, -0.2) is 9.50 Å². The van der Waals surface area contributed by atoms with Crippen molar-refractivity contribution in [3.05, 3.63) is 57.2 Å². The summed E-state index contributed by atoms with van der Waals surface area (Å²) >= 11 is 0. The fourth-order valence-electron chi connectivity index (χ4n) is 2.30. The van der Waals surface area contributed by atoms with Gasteiger partial charge in [-0.3, -0.25) is 14.9 Å². The number of hydrogen-bond donors (Lipinski definition) is 1. The van der Waals surface area contributed by atoms with Gasteiger partial charge >= 0.3 is 0 Å². The van der Waals surface area contributed by atoms with E-state index in [1.165, 1.54) is 16.6 Å². The topological polar surface area (TPSA) is 115 Å². The van der Waals surface area contributed by atoms with Crippen molar-refractivity contribution in [3.8, 4) is 0 Å².